The molecule has 0 aliphatic carbocycles. The maximum Gasteiger partial charge on any atom is 0.243 e. The first-order valence-corrected chi connectivity index (χ1v) is 7.61. The summed E-state index contributed by atoms with van der Waals surface area (Å²) in [5.74, 6) is 0.625. The molecule has 1 atom stereocenters. The van der Waals surface area contributed by atoms with E-state index in [0.29, 0.717) is 5.95 Å². The van der Waals surface area contributed by atoms with Crippen LogP contribution in [0.25, 0.3) is 5.65 Å². The molecule has 0 aliphatic rings. The van der Waals surface area contributed by atoms with Crippen LogP contribution < -0.4 is 5.32 Å². The summed E-state index contributed by atoms with van der Waals surface area (Å²) in [6.45, 7) is 2.12. The van der Waals surface area contributed by atoms with Crippen molar-refractivity contribution < 1.29 is 0 Å². The number of nitrogens with zero attached hydrogens (tertiary/aromatic N) is 4. The second-order valence-electron chi connectivity index (χ2n) is 4.06. The van der Waals surface area contributed by atoms with E-state index in [9.17, 15) is 0 Å². The number of anilines is 1. The second kappa shape index (κ2) is 5.26. The largest absolute Gasteiger partial charge is 0.344 e. The predicted octanol–water partition coefficient (Wildman–Crippen LogP) is 3.51. The molecule has 0 aromatic carbocycles. The normalized spacial score (nSPS) is 12.7. The van der Waals surface area contributed by atoms with Gasteiger partial charge in [-0.25, -0.2) is 9.50 Å². The highest BCUT2D eigenvalue weighted by atomic mass is 79.9. The van der Waals surface area contributed by atoms with Gasteiger partial charge in [0.15, 0.2) is 5.65 Å². The molecule has 7 heteroatoms. The lowest BCUT2D eigenvalue weighted by Gasteiger charge is -2.11. The van der Waals surface area contributed by atoms with Crippen LogP contribution in [-0.4, -0.2) is 19.6 Å². The molecule has 3 aromatic heterocycles. The first-order chi connectivity index (χ1) is 9.26. The highest BCUT2D eigenvalue weighted by molar-refractivity contribution is 9.10. The van der Waals surface area contributed by atoms with Crippen LogP contribution >= 0.6 is 27.3 Å². The van der Waals surface area contributed by atoms with Crippen molar-refractivity contribution in [3.8, 4) is 0 Å². The third kappa shape index (κ3) is 2.62. The fourth-order valence-electron chi connectivity index (χ4n) is 1.82. The summed E-state index contributed by atoms with van der Waals surface area (Å²) in [5.41, 5.74) is 0.819. The van der Waals surface area contributed by atoms with Crippen LogP contribution in [0.3, 0.4) is 0 Å². The van der Waals surface area contributed by atoms with Gasteiger partial charge >= 0.3 is 0 Å². The molecule has 0 fully saturated rings. The third-order valence-corrected chi connectivity index (χ3v) is 4.11. The Morgan fingerprint density at radius 2 is 2.37 bits per heavy atom. The molecule has 0 spiro atoms. The van der Waals surface area contributed by atoms with Crippen molar-refractivity contribution in [3.63, 3.8) is 0 Å². The van der Waals surface area contributed by atoms with Crippen molar-refractivity contribution in [2.24, 2.45) is 0 Å². The standard InChI is InChI=1S/C12H12BrN5S/c1-2-9(11-14-5-6-19-11)15-12-16-10-4-3-8(13)7-18(10)17-12/h3-7,9H,2H2,1H3,(H,15,17). The molecular weight excluding hydrogens is 326 g/mol. The zero-order valence-corrected chi connectivity index (χ0v) is 12.6. The topological polar surface area (TPSA) is 55.1 Å². The Hall–Kier alpha value is -1.47. The molecule has 19 heavy (non-hydrogen) atoms. The van der Waals surface area contributed by atoms with E-state index in [1.165, 1.54) is 0 Å². The fraction of sp³-hybridized carbons (Fsp3) is 0.250. The van der Waals surface area contributed by atoms with Gasteiger partial charge in [0.05, 0.1) is 6.04 Å². The average molecular weight is 338 g/mol. The second-order valence-corrected chi connectivity index (χ2v) is 5.90. The minimum atomic E-state index is 0.154. The van der Waals surface area contributed by atoms with Gasteiger partial charge in [-0.1, -0.05) is 6.92 Å². The number of aromatic nitrogens is 4. The van der Waals surface area contributed by atoms with Gasteiger partial charge in [-0.3, -0.25) is 0 Å². The molecule has 3 aromatic rings. The van der Waals surface area contributed by atoms with Gasteiger partial charge in [0.2, 0.25) is 5.95 Å². The van der Waals surface area contributed by atoms with E-state index in [4.69, 9.17) is 0 Å². The Bertz CT molecular complexity index is 679. The summed E-state index contributed by atoms with van der Waals surface area (Å²) in [6, 6.07) is 4.03. The van der Waals surface area contributed by atoms with E-state index < -0.39 is 0 Å². The number of nitrogens with one attached hydrogen (secondary N) is 1. The summed E-state index contributed by atoms with van der Waals surface area (Å²) in [6.07, 6.45) is 4.64. The van der Waals surface area contributed by atoms with Gasteiger partial charge in [0.25, 0.3) is 0 Å². The molecule has 3 heterocycles. The van der Waals surface area contributed by atoms with E-state index >= 15 is 0 Å². The van der Waals surface area contributed by atoms with Crippen molar-refractivity contribution in [1.82, 2.24) is 19.6 Å². The summed E-state index contributed by atoms with van der Waals surface area (Å²) >= 11 is 5.06. The van der Waals surface area contributed by atoms with Crippen LogP contribution in [0.4, 0.5) is 5.95 Å². The average Bonchev–Trinajstić information content (AvgIpc) is 3.04. The Labute approximate surface area is 122 Å². The number of rotatable bonds is 4. The summed E-state index contributed by atoms with van der Waals surface area (Å²) in [5, 5.41) is 10.8. The summed E-state index contributed by atoms with van der Waals surface area (Å²) < 4.78 is 2.73. The Balaban J connectivity index is 1.88. The van der Waals surface area contributed by atoms with Crippen LogP contribution in [0.5, 0.6) is 0 Å². The van der Waals surface area contributed by atoms with Crippen molar-refractivity contribution in [2.45, 2.75) is 19.4 Å². The maximum atomic E-state index is 4.45. The molecule has 0 saturated carbocycles. The summed E-state index contributed by atoms with van der Waals surface area (Å²) in [7, 11) is 0. The molecule has 0 amide bonds. The van der Waals surface area contributed by atoms with Gasteiger partial charge < -0.3 is 5.32 Å². The van der Waals surface area contributed by atoms with Crippen molar-refractivity contribution in [3.05, 3.63) is 39.4 Å². The molecule has 0 bridgehead atoms. The molecule has 1 N–H and O–H groups in total. The molecule has 98 valence electrons. The molecule has 0 aliphatic heterocycles. The van der Waals surface area contributed by atoms with Crippen LogP contribution in [0.15, 0.2) is 34.4 Å². The van der Waals surface area contributed by atoms with Crippen LogP contribution in [0.2, 0.25) is 0 Å². The molecule has 0 saturated heterocycles. The van der Waals surface area contributed by atoms with Gasteiger partial charge in [-0.15, -0.1) is 16.4 Å². The van der Waals surface area contributed by atoms with Crippen LogP contribution in [0.1, 0.15) is 24.4 Å². The highest BCUT2D eigenvalue weighted by Crippen LogP contribution is 2.23. The van der Waals surface area contributed by atoms with Gasteiger partial charge in [-0.2, -0.15) is 4.98 Å². The Kier molecular flexibility index (Phi) is 3.48. The van der Waals surface area contributed by atoms with Crippen LogP contribution in [0, 0.1) is 0 Å². The maximum absolute atomic E-state index is 4.45. The first-order valence-electron chi connectivity index (χ1n) is 5.94. The number of pyridine rings is 1. The number of fused-ring (bicyclic) bond motifs is 1. The van der Waals surface area contributed by atoms with Crippen molar-refractivity contribution >= 4 is 38.9 Å². The lowest BCUT2D eigenvalue weighted by molar-refractivity contribution is 0.730. The SMILES string of the molecule is CCC(Nc1nc2ccc(Br)cn2n1)c1nccs1. The van der Waals surface area contributed by atoms with Gasteiger partial charge in [0, 0.05) is 22.2 Å². The van der Waals surface area contributed by atoms with E-state index in [1.807, 2.05) is 29.9 Å². The van der Waals surface area contributed by atoms with E-state index in [-0.39, 0.29) is 6.04 Å². The van der Waals surface area contributed by atoms with Gasteiger partial charge in [-0.05, 0) is 34.5 Å². The Morgan fingerprint density at radius 3 is 3.11 bits per heavy atom. The fourth-order valence-corrected chi connectivity index (χ4v) is 2.92. The quantitative estimate of drug-likeness (QED) is 0.791. The van der Waals surface area contributed by atoms with Gasteiger partial charge in [0.1, 0.15) is 5.01 Å². The van der Waals surface area contributed by atoms with E-state index in [2.05, 4.69) is 43.2 Å². The lowest BCUT2D eigenvalue weighted by Crippen LogP contribution is -2.10. The van der Waals surface area contributed by atoms with Crippen molar-refractivity contribution in [1.29, 1.82) is 0 Å². The Morgan fingerprint density at radius 1 is 1.47 bits per heavy atom. The van der Waals surface area contributed by atoms with Crippen molar-refractivity contribution in [2.75, 3.05) is 5.32 Å². The number of halogens is 1. The minimum absolute atomic E-state index is 0.154. The molecule has 0 radical (unpaired) electrons. The molecule has 5 nitrogen and oxygen atoms in total. The first kappa shape index (κ1) is 12.6. The highest BCUT2D eigenvalue weighted by Gasteiger charge is 2.14. The lowest BCUT2D eigenvalue weighted by atomic mass is 10.2. The third-order valence-electron chi connectivity index (χ3n) is 2.76. The van der Waals surface area contributed by atoms with E-state index in [1.54, 1.807) is 15.9 Å². The zero-order chi connectivity index (χ0) is 13.2. The minimum Gasteiger partial charge on any atom is -0.344 e. The molecule has 3 rings (SSSR count). The predicted molar refractivity (Wildman–Crippen MR) is 79.5 cm³/mol. The number of hydrogen-bond donors (Lipinski definition) is 1. The van der Waals surface area contributed by atoms with E-state index in [0.717, 1.165) is 21.5 Å². The summed E-state index contributed by atoms with van der Waals surface area (Å²) in [4.78, 5) is 8.79. The molecular formula is C12H12BrN5S. The number of hydrogen-bond acceptors (Lipinski definition) is 5. The van der Waals surface area contributed by atoms with Crippen LogP contribution in [-0.2, 0) is 0 Å². The number of thiazole rings is 1. The molecule has 1 unspecified atom stereocenters. The smallest absolute Gasteiger partial charge is 0.243 e. The zero-order valence-electron chi connectivity index (χ0n) is 10.2. The monoisotopic (exact) mass is 337 g/mol.